The number of imidazole rings is 1. The number of aromatic nitrogens is 2. The van der Waals surface area contributed by atoms with E-state index in [1.165, 1.54) is 11.1 Å². The van der Waals surface area contributed by atoms with Crippen LogP contribution in [0.1, 0.15) is 39.2 Å². The molecule has 1 aliphatic heterocycles. The molecule has 0 bridgehead atoms. The van der Waals surface area contributed by atoms with Gasteiger partial charge in [-0.2, -0.15) is 0 Å². The van der Waals surface area contributed by atoms with Crippen LogP contribution in [0.4, 0.5) is 0 Å². The number of hydrogen-bond acceptors (Lipinski definition) is 4. The molecule has 0 spiro atoms. The molecule has 4 aromatic rings. The first-order valence-electron chi connectivity index (χ1n) is 12.3. The summed E-state index contributed by atoms with van der Waals surface area (Å²) in [6.45, 7) is 8.91. The molecule has 0 radical (unpaired) electrons. The van der Waals surface area contributed by atoms with Crippen molar-refractivity contribution in [3.05, 3.63) is 101 Å². The van der Waals surface area contributed by atoms with Crippen molar-refractivity contribution in [3.8, 4) is 5.75 Å². The minimum absolute atomic E-state index is 0.0876. The summed E-state index contributed by atoms with van der Waals surface area (Å²) in [7, 11) is 0. The minimum Gasteiger partial charge on any atom is -0.487 e. The SMILES string of the molecule is Cc1ccc(CN2CCCN(C(=O)c3ccc(OCc4cn5cccc(C)c5n4)cc3)CC2)cc1. The Morgan fingerprint density at radius 2 is 1.74 bits per heavy atom. The number of nitrogens with zero attached hydrogens (tertiary/aromatic N) is 4. The average Bonchev–Trinajstić information content (AvgIpc) is 3.16. The highest BCUT2D eigenvalue weighted by atomic mass is 16.5. The summed E-state index contributed by atoms with van der Waals surface area (Å²) in [6.07, 6.45) is 4.96. The van der Waals surface area contributed by atoms with Gasteiger partial charge in [0.15, 0.2) is 0 Å². The number of fused-ring (bicyclic) bond motifs is 1. The van der Waals surface area contributed by atoms with Crippen molar-refractivity contribution >= 4 is 11.6 Å². The van der Waals surface area contributed by atoms with Crippen molar-refractivity contribution in [2.75, 3.05) is 26.2 Å². The summed E-state index contributed by atoms with van der Waals surface area (Å²) < 4.78 is 7.95. The van der Waals surface area contributed by atoms with Gasteiger partial charge in [0.1, 0.15) is 18.0 Å². The third-order valence-electron chi connectivity index (χ3n) is 6.62. The largest absolute Gasteiger partial charge is 0.487 e. The molecule has 1 amide bonds. The van der Waals surface area contributed by atoms with Crippen LogP contribution in [0.2, 0.25) is 0 Å². The van der Waals surface area contributed by atoms with Crippen LogP contribution < -0.4 is 4.74 Å². The first kappa shape index (κ1) is 23.1. The highest BCUT2D eigenvalue weighted by Crippen LogP contribution is 2.18. The highest BCUT2D eigenvalue weighted by Gasteiger charge is 2.20. The third-order valence-corrected chi connectivity index (χ3v) is 6.62. The van der Waals surface area contributed by atoms with Gasteiger partial charge in [-0.1, -0.05) is 35.9 Å². The highest BCUT2D eigenvalue weighted by molar-refractivity contribution is 5.94. The Kier molecular flexibility index (Phi) is 6.82. The summed E-state index contributed by atoms with van der Waals surface area (Å²) >= 11 is 0. The van der Waals surface area contributed by atoms with E-state index >= 15 is 0 Å². The first-order chi connectivity index (χ1) is 17.0. The Hall–Kier alpha value is -3.64. The zero-order valence-corrected chi connectivity index (χ0v) is 20.5. The van der Waals surface area contributed by atoms with Crippen molar-refractivity contribution in [3.63, 3.8) is 0 Å². The number of aryl methyl sites for hydroxylation is 2. The summed E-state index contributed by atoms with van der Waals surface area (Å²) in [5.41, 5.74) is 6.26. The number of carbonyl (C=O) groups excluding carboxylic acids is 1. The van der Waals surface area contributed by atoms with Crippen LogP contribution in [0, 0.1) is 13.8 Å². The van der Waals surface area contributed by atoms with Gasteiger partial charge >= 0.3 is 0 Å². The standard InChI is InChI=1S/C29H32N4O2/c1-22-6-8-24(9-7-22)19-31-14-4-16-32(18-17-31)29(34)25-10-12-27(13-11-25)35-21-26-20-33-15-3-5-23(2)28(33)30-26/h3,5-13,15,20H,4,14,16-19,21H2,1-2H3. The number of benzene rings is 2. The molecule has 2 aromatic heterocycles. The maximum atomic E-state index is 13.1. The van der Waals surface area contributed by atoms with E-state index in [4.69, 9.17) is 4.74 Å². The number of hydrogen-bond donors (Lipinski definition) is 0. The normalized spacial score (nSPS) is 14.7. The van der Waals surface area contributed by atoms with Gasteiger partial charge in [0.25, 0.3) is 5.91 Å². The van der Waals surface area contributed by atoms with Crippen molar-refractivity contribution in [1.29, 1.82) is 0 Å². The van der Waals surface area contributed by atoms with Crippen LogP contribution in [0.3, 0.4) is 0 Å². The van der Waals surface area contributed by atoms with Gasteiger partial charge in [0, 0.05) is 50.7 Å². The monoisotopic (exact) mass is 468 g/mol. The van der Waals surface area contributed by atoms with Crippen LogP contribution in [0.15, 0.2) is 73.1 Å². The fourth-order valence-corrected chi connectivity index (χ4v) is 4.59. The van der Waals surface area contributed by atoms with E-state index in [-0.39, 0.29) is 5.91 Å². The summed E-state index contributed by atoms with van der Waals surface area (Å²) in [4.78, 5) is 22.2. The molecule has 0 aliphatic carbocycles. The van der Waals surface area contributed by atoms with E-state index in [1.807, 2.05) is 52.0 Å². The molecule has 0 unspecified atom stereocenters. The van der Waals surface area contributed by atoms with E-state index in [1.54, 1.807) is 0 Å². The number of rotatable bonds is 6. The van der Waals surface area contributed by atoms with Crippen LogP contribution in [0.25, 0.3) is 5.65 Å². The summed E-state index contributed by atoms with van der Waals surface area (Å²) in [5.74, 6) is 0.819. The number of amides is 1. The lowest BCUT2D eigenvalue weighted by Crippen LogP contribution is -2.35. The van der Waals surface area contributed by atoms with Crippen LogP contribution >= 0.6 is 0 Å². The van der Waals surface area contributed by atoms with Crippen molar-refractivity contribution in [2.24, 2.45) is 0 Å². The Labute approximate surface area is 206 Å². The number of pyridine rings is 1. The Balaban J connectivity index is 1.15. The maximum Gasteiger partial charge on any atom is 0.253 e. The van der Waals surface area contributed by atoms with E-state index in [0.29, 0.717) is 12.2 Å². The van der Waals surface area contributed by atoms with Gasteiger partial charge in [-0.15, -0.1) is 0 Å². The van der Waals surface area contributed by atoms with E-state index in [0.717, 1.165) is 61.8 Å². The summed E-state index contributed by atoms with van der Waals surface area (Å²) in [5, 5.41) is 0. The smallest absolute Gasteiger partial charge is 0.253 e. The predicted molar refractivity (Wildman–Crippen MR) is 138 cm³/mol. The third kappa shape index (κ3) is 5.54. The van der Waals surface area contributed by atoms with Crippen LogP contribution in [0.5, 0.6) is 5.75 Å². The lowest BCUT2D eigenvalue weighted by atomic mass is 10.1. The van der Waals surface area contributed by atoms with Gasteiger partial charge in [-0.05, 0) is 61.7 Å². The number of carbonyl (C=O) groups is 1. The Morgan fingerprint density at radius 3 is 2.51 bits per heavy atom. The van der Waals surface area contributed by atoms with Crippen LogP contribution in [-0.4, -0.2) is 51.3 Å². The molecule has 0 N–H and O–H groups in total. The van der Waals surface area contributed by atoms with Gasteiger partial charge in [-0.3, -0.25) is 9.69 Å². The van der Waals surface area contributed by atoms with Gasteiger partial charge in [0.05, 0.1) is 5.69 Å². The molecule has 1 fully saturated rings. The Bertz CT molecular complexity index is 1290. The lowest BCUT2D eigenvalue weighted by Gasteiger charge is -2.22. The van der Waals surface area contributed by atoms with E-state index in [9.17, 15) is 4.79 Å². The second kappa shape index (κ2) is 10.3. The lowest BCUT2D eigenvalue weighted by molar-refractivity contribution is 0.0761. The topological polar surface area (TPSA) is 50.1 Å². The average molecular weight is 469 g/mol. The molecule has 3 heterocycles. The zero-order chi connectivity index (χ0) is 24.2. The molecule has 35 heavy (non-hydrogen) atoms. The van der Waals surface area contributed by atoms with Crippen LogP contribution in [-0.2, 0) is 13.2 Å². The van der Waals surface area contributed by atoms with Gasteiger partial charge in [0.2, 0.25) is 0 Å². The molecule has 180 valence electrons. The fraction of sp³-hybridized carbons (Fsp3) is 0.310. The second-order valence-electron chi connectivity index (χ2n) is 9.37. The van der Waals surface area contributed by atoms with E-state index < -0.39 is 0 Å². The second-order valence-corrected chi connectivity index (χ2v) is 9.37. The van der Waals surface area contributed by atoms with Gasteiger partial charge < -0.3 is 14.0 Å². The molecular weight excluding hydrogens is 436 g/mol. The fourth-order valence-electron chi connectivity index (χ4n) is 4.59. The minimum atomic E-state index is 0.0876. The van der Waals surface area contributed by atoms with Gasteiger partial charge in [-0.25, -0.2) is 4.98 Å². The van der Waals surface area contributed by atoms with Crippen molar-refractivity contribution < 1.29 is 9.53 Å². The Morgan fingerprint density at radius 1 is 0.943 bits per heavy atom. The van der Waals surface area contributed by atoms with Crippen molar-refractivity contribution in [1.82, 2.24) is 19.2 Å². The van der Waals surface area contributed by atoms with Crippen molar-refractivity contribution in [2.45, 2.75) is 33.4 Å². The molecule has 5 rings (SSSR count). The zero-order valence-electron chi connectivity index (χ0n) is 20.5. The summed E-state index contributed by atoms with van der Waals surface area (Å²) in [6, 6.07) is 20.2. The predicted octanol–water partition coefficient (Wildman–Crippen LogP) is 4.88. The molecule has 6 heteroatoms. The maximum absolute atomic E-state index is 13.1. The molecule has 6 nitrogen and oxygen atoms in total. The molecule has 2 aromatic carbocycles. The quantitative estimate of drug-likeness (QED) is 0.405. The molecule has 0 saturated carbocycles. The molecule has 0 atom stereocenters. The molecule has 1 saturated heterocycles. The number of ether oxygens (including phenoxy) is 1. The first-order valence-corrected chi connectivity index (χ1v) is 12.3. The van der Waals surface area contributed by atoms with E-state index in [2.05, 4.69) is 54.1 Å². The molecule has 1 aliphatic rings. The molecular formula is C29H32N4O2.